The second-order valence-electron chi connectivity index (χ2n) is 10.1. The predicted octanol–water partition coefficient (Wildman–Crippen LogP) is 6.00. The summed E-state index contributed by atoms with van der Waals surface area (Å²) in [6, 6.07) is 18.0. The molecule has 36 heavy (non-hydrogen) atoms. The number of carbonyl (C=O) groups excluding carboxylic acids is 1. The third-order valence-electron chi connectivity index (χ3n) is 6.98. The number of nitrogens with zero attached hydrogens (tertiary/aromatic N) is 3. The largest absolute Gasteiger partial charge is 0.454 e. The molecule has 3 aliphatic rings. The maximum absolute atomic E-state index is 13.9. The Kier molecular flexibility index (Phi) is 5.01. The minimum Gasteiger partial charge on any atom is -0.454 e. The number of allylic oxidation sites excluding steroid dienone is 3. The minimum absolute atomic E-state index is 0.00957. The lowest BCUT2D eigenvalue weighted by Crippen LogP contribution is -2.40. The van der Waals surface area contributed by atoms with Crippen molar-refractivity contribution in [2.45, 2.75) is 32.6 Å². The van der Waals surface area contributed by atoms with Gasteiger partial charge in [0.05, 0.1) is 17.6 Å². The van der Waals surface area contributed by atoms with Crippen LogP contribution >= 0.6 is 0 Å². The van der Waals surface area contributed by atoms with E-state index >= 15 is 0 Å². The van der Waals surface area contributed by atoms with E-state index in [1.54, 1.807) is 12.1 Å². The van der Waals surface area contributed by atoms with Crippen LogP contribution in [0.5, 0.6) is 11.5 Å². The van der Waals surface area contributed by atoms with Crippen LogP contribution in [-0.2, 0) is 4.79 Å². The number of Topliss-reactive ketones (excluding diaryl/α,β-unsaturated/α-hetero) is 1. The van der Waals surface area contributed by atoms with Gasteiger partial charge in [-0.1, -0.05) is 19.9 Å². The third kappa shape index (κ3) is 3.49. The summed E-state index contributed by atoms with van der Waals surface area (Å²) in [6.07, 6.45) is 4.75. The highest BCUT2D eigenvalue weighted by Gasteiger charge is 2.45. The van der Waals surface area contributed by atoms with Crippen LogP contribution in [0.25, 0.3) is 5.82 Å². The van der Waals surface area contributed by atoms with Crippen LogP contribution < -0.4 is 14.4 Å². The van der Waals surface area contributed by atoms with Crippen molar-refractivity contribution in [3.05, 3.63) is 95.2 Å². The number of ketones is 1. The molecule has 0 bridgehead atoms. The van der Waals surface area contributed by atoms with Crippen LogP contribution in [0.2, 0.25) is 0 Å². The standard InChI is InChI=1S/C29H24FN3O3/c1-29(2)14-22-27(23(34)15-29)26(18-5-10-24-25(13-18)36-17-35-24)21(16-31)28(32-11-3-4-12-32)33(22)20-8-6-19(30)7-9-20/h3-13,26H,14-15,17H2,1-2H3. The maximum Gasteiger partial charge on any atom is 0.231 e. The van der Waals surface area contributed by atoms with E-state index in [9.17, 15) is 14.4 Å². The molecule has 6 rings (SSSR count). The molecule has 0 radical (unpaired) electrons. The quantitative estimate of drug-likeness (QED) is 0.459. The molecule has 7 heteroatoms. The second kappa shape index (κ2) is 8.13. The Morgan fingerprint density at radius 2 is 1.75 bits per heavy atom. The summed E-state index contributed by atoms with van der Waals surface area (Å²) >= 11 is 0. The van der Waals surface area contributed by atoms with Gasteiger partial charge in [0.2, 0.25) is 6.79 Å². The Morgan fingerprint density at radius 3 is 2.47 bits per heavy atom. The highest BCUT2D eigenvalue weighted by atomic mass is 19.1. The Morgan fingerprint density at radius 1 is 1.03 bits per heavy atom. The van der Waals surface area contributed by atoms with Crippen LogP contribution in [0, 0.1) is 22.6 Å². The number of aromatic nitrogens is 1. The summed E-state index contributed by atoms with van der Waals surface area (Å²) in [5.41, 5.74) is 3.06. The molecule has 0 amide bonds. The Bertz CT molecular complexity index is 1480. The molecule has 3 heterocycles. The molecule has 0 saturated heterocycles. The van der Waals surface area contributed by atoms with Crippen LogP contribution in [0.15, 0.2) is 83.8 Å². The van der Waals surface area contributed by atoms with E-state index in [1.807, 2.05) is 52.2 Å². The lowest BCUT2D eigenvalue weighted by atomic mass is 9.68. The molecule has 2 aromatic carbocycles. The first-order chi connectivity index (χ1) is 17.4. The number of fused-ring (bicyclic) bond motifs is 1. The SMILES string of the molecule is CC1(C)CC(=O)C2=C(C1)N(c1ccc(F)cc1)C(n1cccc1)=C(C#N)C2c1ccc2c(c1)OCO2. The first-order valence-electron chi connectivity index (χ1n) is 11.9. The Hall–Kier alpha value is -4.31. The van der Waals surface area contributed by atoms with Crippen molar-refractivity contribution in [1.29, 1.82) is 5.26 Å². The zero-order valence-corrected chi connectivity index (χ0v) is 20.0. The lowest BCUT2D eigenvalue weighted by molar-refractivity contribution is -0.118. The fourth-order valence-electron chi connectivity index (χ4n) is 5.49. The van der Waals surface area contributed by atoms with Gasteiger partial charge in [-0.2, -0.15) is 5.26 Å². The smallest absolute Gasteiger partial charge is 0.231 e. The summed E-state index contributed by atoms with van der Waals surface area (Å²) in [4.78, 5) is 15.8. The average molecular weight is 482 g/mol. The van der Waals surface area contributed by atoms with E-state index < -0.39 is 5.92 Å². The van der Waals surface area contributed by atoms with Crippen LogP contribution in [0.1, 0.15) is 38.2 Å². The molecule has 180 valence electrons. The normalized spacial score (nSPS) is 20.4. The third-order valence-corrected chi connectivity index (χ3v) is 6.98. The highest BCUT2D eigenvalue weighted by Crippen LogP contribution is 2.52. The first-order valence-corrected chi connectivity index (χ1v) is 11.9. The monoisotopic (exact) mass is 481 g/mol. The zero-order chi connectivity index (χ0) is 25.0. The van der Waals surface area contributed by atoms with Crippen molar-refractivity contribution >= 4 is 17.3 Å². The summed E-state index contributed by atoms with van der Waals surface area (Å²) in [7, 11) is 0. The molecule has 0 fully saturated rings. The summed E-state index contributed by atoms with van der Waals surface area (Å²) in [5, 5.41) is 10.6. The number of benzene rings is 2. The van der Waals surface area contributed by atoms with E-state index in [0.717, 1.165) is 11.3 Å². The van der Waals surface area contributed by atoms with Gasteiger partial charge in [-0.25, -0.2) is 4.39 Å². The van der Waals surface area contributed by atoms with Gasteiger partial charge in [-0.3, -0.25) is 9.69 Å². The van der Waals surface area contributed by atoms with Crippen LogP contribution in [0.4, 0.5) is 10.1 Å². The van der Waals surface area contributed by atoms with Gasteiger partial charge in [0.15, 0.2) is 17.3 Å². The molecule has 0 N–H and O–H groups in total. The molecule has 1 atom stereocenters. The number of hydrogen-bond donors (Lipinski definition) is 0. The van der Waals surface area contributed by atoms with E-state index in [-0.39, 0.29) is 23.8 Å². The molecule has 2 aliphatic heterocycles. The fourth-order valence-corrected chi connectivity index (χ4v) is 5.49. The summed E-state index contributed by atoms with van der Waals surface area (Å²) in [6.45, 7) is 4.29. The molecule has 1 aromatic heterocycles. The maximum atomic E-state index is 13.9. The van der Waals surface area contributed by atoms with E-state index in [2.05, 4.69) is 19.9 Å². The molecule has 3 aromatic rings. The molecule has 0 spiro atoms. The molecule has 1 unspecified atom stereocenters. The van der Waals surface area contributed by atoms with Crippen molar-refractivity contribution in [3.8, 4) is 17.6 Å². The fraction of sp³-hybridized carbons (Fsp3) is 0.241. The van der Waals surface area contributed by atoms with Gasteiger partial charge in [-0.15, -0.1) is 0 Å². The van der Waals surface area contributed by atoms with Crippen LogP contribution in [0.3, 0.4) is 0 Å². The van der Waals surface area contributed by atoms with E-state index in [0.29, 0.717) is 47.0 Å². The van der Waals surface area contributed by atoms with Crippen molar-refractivity contribution in [1.82, 2.24) is 4.57 Å². The Labute approximate surface area is 208 Å². The molecule has 1 aliphatic carbocycles. The molecule has 6 nitrogen and oxygen atoms in total. The minimum atomic E-state index is -0.572. The average Bonchev–Trinajstić information content (AvgIpc) is 3.54. The van der Waals surface area contributed by atoms with E-state index in [1.165, 1.54) is 12.1 Å². The van der Waals surface area contributed by atoms with E-state index in [4.69, 9.17) is 9.47 Å². The lowest BCUT2D eigenvalue weighted by Gasteiger charge is -2.45. The Balaban J connectivity index is 1.66. The number of hydrogen-bond acceptors (Lipinski definition) is 5. The van der Waals surface area contributed by atoms with Crippen molar-refractivity contribution in [3.63, 3.8) is 0 Å². The summed E-state index contributed by atoms with van der Waals surface area (Å²) in [5.74, 6) is 0.948. The predicted molar refractivity (Wildman–Crippen MR) is 132 cm³/mol. The number of nitriles is 1. The summed E-state index contributed by atoms with van der Waals surface area (Å²) < 4.78 is 26.9. The zero-order valence-electron chi connectivity index (χ0n) is 20.0. The van der Waals surface area contributed by atoms with Crippen molar-refractivity contribution in [2.75, 3.05) is 11.7 Å². The van der Waals surface area contributed by atoms with Gasteiger partial charge in [0, 0.05) is 35.8 Å². The van der Waals surface area contributed by atoms with Gasteiger partial charge < -0.3 is 14.0 Å². The van der Waals surface area contributed by atoms with Gasteiger partial charge in [-0.05, 0) is 65.9 Å². The number of halogens is 1. The van der Waals surface area contributed by atoms with Crippen LogP contribution in [-0.4, -0.2) is 17.1 Å². The van der Waals surface area contributed by atoms with Gasteiger partial charge in [0.25, 0.3) is 0 Å². The van der Waals surface area contributed by atoms with Crippen molar-refractivity contribution in [2.24, 2.45) is 5.41 Å². The number of ether oxygens (including phenoxy) is 2. The van der Waals surface area contributed by atoms with Crippen molar-refractivity contribution < 1.29 is 18.7 Å². The molecule has 0 saturated carbocycles. The highest BCUT2D eigenvalue weighted by molar-refractivity contribution is 6.03. The van der Waals surface area contributed by atoms with Gasteiger partial charge >= 0.3 is 0 Å². The second-order valence-corrected chi connectivity index (χ2v) is 10.1. The molecular weight excluding hydrogens is 457 g/mol. The molecular formula is C29H24FN3O3. The number of rotatable bonds is 3. The number of carbonyl (C=O) groups is 1. The van der Waals surface area contributed by atoms with Gasteiger partial charge in [0.1, 0.15) is 11.6 Å². The number of anilines is 1. The topological polar surface area (TPSA) is 67.5 Å². The first kappa shape index (κ1) is 22.2.